The molecule has 2 rings (SSSR count). The first-order valence-corrected chi connectivity index (χ1v) is 6.71. The summed E-state index contributed by atoms with van der Waals surface area (Å²) in [7, 11) is 0. The SMILES string of the molecule is CC(N)(C(=O)NCc1cc(F)ccc1Br)C1CC1. The fraction of sp³-hybridized carbons (Fsp3) is 0.462. The van der Waals surface area contributed by atoms with Crippen LogP contribution in [0.4, 0.5) is 4.39 Å². The highest BCUT2D eigenvalue weighted by atomic mass is 79.9. The van der Waals surface area contributed by atoms with E-state index in [4.69, 9.17) is 5.73 Å². The van der Waals surface area contributed by atoms with Gasteiger partial charge in [0.2, 0.25) is 5.91 Å². The third-order valence-electron chi connectivity index (χ3n) is 3.36. The van der Waals surface area contributed by atoms with Crippen LogP contribution in [-0.4, -0.2) is 11.4 Å². The molecule has 0 radical (unpaired) electrons. The molecule has 0 spiro atoms. The summed E-state index contributed by atoms with van der Waals surface area (Å²) in [4.78, 5) is 12.0. The van der Waals surface area contributed by atoms with Gasteiger partial charge in [-0.15, -0.1) is 0 Å². The standard InChI is InChI=1S/C13H16BrFN2O/c1-13(16,9-2-3-9)12(18)17-7-8-6-10(15)4-5-11(8)14/h4-6,9H,2-3,7,16H2,1H3,(H,17,18). The van der Waals surface area contributed by atoms with Crippen molar-refractivity contribution < 1.29 is 9.18 Å². The maximum absolute atomic E-state index is 13.1. The molecule has 1 fully saturated rings. The second-order valence-electron chi connectivity index (χ2n) is 4.98. The van der Waals surface area contributed by atoms with E-state index in [1.165, 1.54) is 12.1 Å². The lowest BCUT2D eigenvalue weighted by Gasteiger charge is -2.23. The van der Waals surface area contributed by atoms with Gasteiger partial charge in [-0.1, -0.05) is 15.9 Å². The predicted molar refractivity (Wildman–Crippen MR) is 71.3 cm³/mol. The van der Waals surface area contributed by atoms with Crippen molar-refractivity contribution in [1.29, 1.82) is 0 Å². The Kier molecular flexibility index (Phi) is 3.73. The molecule has 0 saturated heterocycles. The van der Waals surface area contributed by atoms with Crippen molar-refractivity contribution in [3.8, 4) is 0 Å². The first-order chi connectivity index (χ1) is 8.41. The van der Waals surface area contributed by atoms with Crippen LogP contribution in [0, 0.1) is 11.7 Å². The number of hydrogen-bond acceptors (Lipinski definition) is 2. The lowest BCUT2D eigenvalue weighted by Crippen LogP contribution is -2.53. The molecule has 0 bridgehead atoms. The summed E-state index contributed by atoms with van der Waals surface area (Å²) < 4.78 is 13.9. The largest absolute Gasteiger partial charge is 0.350 e. The van der Waals surface area contributed by atoms with Crippen molar-refractivity contribution >= 4 is 21.8 Å². The molecule has 1 aliphatic carbocycles. The first kappa shape index (κ1) is 13.5. The summed E-state index contributed by atoms with van der Waals surface area (Å²) in [5, 5.41) is 2.77. The van der Waals surface area contributed by atoms with Gasteiger partial charge in [0.15, 0.2) is 0 Å². The number of nitrogens with two attached hydrogens (primary N) is 1. The highest BCUT2D eigenvalue weighted by molar-refractivity contribution is 9.10. The smallest absolute Gasteiger partial charge is 0.240 e. The van der Waals surface area contributed by atoms with Crippen molar-refractivity contribution in [1.82, 2.24) is 5.32 Å². The van der Waals surface area contributed by atoms with E-state index < -0.39 is 5.54 Å². The maximum atomic E-state index is 13.1. The van der Waals surface area contributed by atoms with Gasteiger partial charge in [0.1, 0.15) is 5.82 Å². The number of hydrogen-bond donors (Lipinski definition) is 2. The quantitative estimate of drug-likeness (QED) is 0.896. The molecular weight excluding hydrogens is 299 g/mol. The van der Waals surface area contributed by atoms with Gasteiger partial charge in [-0.2, -0.15) is 0 Å². The van der Waals surface area contributed by atoms with Crippen LogP contribution in [0.25, 0.3) is 0 Å². The van der Waals surface area contributed by atoms with E-state index in [-0.39, 0.29) is 24.2 Å². The summed E-state index contributed by atoms with van der Waals surface area (Å²) in [6.07, 6.45) is 2.01. The molecule has 1 saturated carbocycles. The normalized spacial score (nSPS) is 18.2. The number of rotatable bonds is 4. The van der Waals surface area contributed by atoms with Gasteiger partial charge in [0.05, 0.1) is 5.54 Å². The van der Waals surface area contributed by atoms with Crippen LogP contribution in [0.5, 0.6) is 0 Å². The van der Waals surface area contributed by atoms with Gasteiger partial charge in [0, 0.05) is 11.0 Å². The summed E-state index contributed by atoms with van der Waals surface area (Å²) in [6.45, 7) is 2.03. The Morgan fingerprint density at radius 1 is 1.61 bits per heavy atom. The lowest BCUT2D eigenvalue weighted by molar-refractivity contribution is -0.126. The molecule has 1 atom stereocenters. The average Bonchev–Trinajstić information content (AvgIpc) is 3.14. The molecular formula is C13H16BrFN2O. The minimum absolute atomic E-state index is 0.179. The minimum Gasteiger partial charge on any atom is -0.350 e. The van der Waals surface area contributed by atoms with Gasteiger partial charge in [0.25, 0.3) is 0 Å². The van der Waals surface area contributed by atoms with E-state index in [0.29, 0.717) is 5.56 Å². The van der Waals surface area contributed by atoms with Crippen LogP contribution in [0.1, 0.15) is 25.3 Å². The van der Waals surface area contributed by atoms with E-state index >= 15 is 0 Å². The summed E-state index contributed by atoms with van der Waals surface area (Å²) >= 11 is 3.32. The third-order valence-corrected chi connectivity index (χ3v) is 4.14. The highest BCUT2D eigenvalue weighted by Gasteiger charge is 2.43. The Hall–Kier alpha value is -0.940. The van der Waals surface area contributed by atoms with Crippen molar-refractivity contribution in [3.05, 3.63) is 34.1 Å². The molecule has 0 heterocycles. The fourth-order valence-corrected chi connectivity index (χ4v) is 2.30. The van der Waals surface area contributed by atoms with E-state index in [1.54, 1.807) is 13.0 Å². The summed E-state index contributed by atoms with van der Waals surface area (Å²) in [6, 6.07) is 4.39. The topological polar surface area (TPSA) is 55.1 Å². The lowest BCUT2D eigenvalue weighted by atomic mass is 9.96. The number of carbonyl (C=O) groups is 1. The Morgan fingerprint density at radius 3 is 2.89 bits per heavy atom. The van der Waals surface area contributed by atoms with Gasteiger partial charge in [-0.05, 0) is 49.4 Å². The molecule has 1 aliphatic rings. The number of halogens is 2. The van der Waals surface area contributed by atoms with Crippen LogP contribution in [0.15, 0.2) is 22.7 Å². The van der Waals surface area contributed by atoms with Crippen LogP contribution < -0.4 is 11.1 Å². The van der Waals surface area contributed by atoms with Gasteiger partial charge in [-0.3, -0.25) is 4.79 Å². The molecule has 5 heteroatoms. The monoisotopic (exact) mass is 314 g/mol. The van der Waals surface area contributed by atoms with Gasteiger partial charge in [-0.25, -0.2) is 4.39 Å². The van der Waals surface area contributed by atoms with E-state index in [1.807, 2.05) is 0 Å². The van der Waals surface area contributed by atoms with Crippen LogP contribution in [0.2, 0.25) is 0 Å². The molecule has 1 aromatic carbocycles. The molecule has 0 aromatic heterocycles. The van der Waals surface area contributed by atoms with Crippen molar-refractivity contribution in [2.45, 2.75) is 31.8 Å². The Bertz CT molecular complexity index is 472. The Morgan fingerprint density at radius 2 is 2.28 bits per heavy atom. The van der Waals surface area contributed by atoms with Crippen molar-refractivity contribution in [2.24, 2.45) is 11.7 Å². The van der Waals surface area contributed by atoms with Gasteiger partial charge >= 0.3 is 0 Å². The number of carbonyl (C=O) groups excluding carboxylic acids is 1. The number of amides is 1. The molecule has 1 aromatic rings. The van der Waals surface area contributed by atoms with Gasteiger partial charge < -0.3 is 11.1 Å². The molecule has 0 aliphatic heterocycles. The van der Waals surface area contributed by atoms with Crippen LogP contribution >= 0.6 is 15.9 Å². The molecule has 1 unspecified atom stereocenters. The summed E-state index contributed by atoms with van der Waals surface area (Å²) in [5.74, 6) is -0.227. The second kappa shape index (κ2) is 4.97. The van der Waals surface area contributed by atoms with Crippen LogP contribution in [0.3, 0.4) is 0 Å². The highest BCUT2D eigenvalue weighted by Crippen LogP contribution is 2.38. The zero-order chi connectivity index (χ0) is 13.3. The zero-order valence-electron chi connectivity index (χ0n) is 10.2. The average molecular weight is 315 g/mol. The van der Waals surface area contributed by atoms with E-state index in [9.17, 15) is 9.18 Å². The third kappa shape index (κ3) is 2.90. The zero-order valence-corrected chi connectivity index (χ0v) is 11.8. The molecule has 1 amide bonds. The Balaban J connectivity index is 1.99. The van der Waals surface area contributed by atoms with Crippen LogP contribution in [-0.2, 0) is 11.3 Å². The number of benzene rings is 1. The first-order valence-electron chi connectivity index (χ1n) is 5.92. The van der Waals surface area contributed by atoms with E-state index in [2.05, 4.69) is 21.2 Å². The minimum atomic E-state index is -0.820. The van der Waals surface area contributed by atoms with Crippen molar-refractivity contribution in [3.63, 3.8) is 0 Å². The summed E-state index contributed by atoms with van der Waals surface area (Å²) in [5.41, 5.74) is 5.88. The second-order valence-corrected chi connectivity index (χ2v) is 5.83. The van der Waals surface area contributed by atoms with E-state index in [0.717, 1.165) is 17.3 Å². The Labute approximate surface area is 114 Å². The fourth-order valence-electron chi connectivity index (χ4n) is 1.91. The van der Waals surface area contributed by atoms with Crippen molar-refractivity contribution in [2.75, 3.05) is 0 Å². The predicted octanol–water partition coefficient (Wildman–Crippen LogP) is 2.33. The maximum Gasteiger partial charge on any atom is 0.240 e. The number of nitrogens with one attached hydrogen (secondary N) is 1. The molecule has 3 nitrogen and oxygen atoms in total. The molecule has 18 heavy (non-hydrogen) atoms. The molecule has 98 valence electrons. The molecule has 3 N–H and O–H groups in total.